The molecular weight excluding hydrogens is 1920 g/mol. The maximum Gasteiger partial charge on any atom is 0.534 e. The van der Waals surface area contributed by atoms with E-state index in [1.807, 2.05) is 0 Å². The highest BCUT2D eigenvalue weighted by atomic mass is 79.9. The van der Waals surface area contributed by atoms with Gasteiger partial charge in [-0.2, -0.15) is 21.6 Å². The largest absolute Gasteiger partial charge is 0.534 e. The fraction of sp³-hybridized carbons (Fsp3) is 0.164. The van der Waals surface area contributed by atoms with E-state index >= 15 is 0 Å². The van der Waals surface area contributed by atoms with Gasteiger partial charge in [0.05, 0.1) is 78.3 Å². The molecular formula is C73H58BBr4Cl6F3O26S. The number of halogens is 13. The number of benzene rings is 8. The first-order valence-corrected chi connectivity index (χ1v) is 38.6. The zero-order valence-electron chi connectivity index (χ0n) is 59.4. The van der Waals surface area contributed by atoms with Crippen LogP contribution in [0.2, 0.25) is 30.1 Å². The van der Waals surface area contributed by atoms with Gasteiger partial charge in [0.2, 0.25) is 5.75 Å². The summed E-state index contributed by atoms with van der Waals surface area (Å²) in [7, 11) is -1.68. The second kappa shape index (κ2) is 44.8. The van der Waals surface area contributed by atoms with Crippen molar-refractivity contribution in [1.29, 1.82) is 0 Å². The Morgan fingerprint density at radius 1 is 0.456 bits per heavy atom. The molecule has 0 aliphatic rings. The maximum atomic E-state index is 12.8. The van der Waals surface area contributed by atoms with Crippen molar-refractivity contribution in [2.45, 2.75) is 19.4 Å². The van der Waals surface area contributed by atoms with E-state index in [2.05, 4.69) is 96.3 Å². The minimum absolute atomic E-state index is 0.0932. The van der Waals surface area contributed by atoms with E-state index < -0.39 is 70.1 Å². The quantitative estimate of drug-likeness (QED) is 0.0150. The van der Waals surface area contributed by atoms with Crippen LogP contribution in [0, 0.1) is 0 Å². The van der Waals surface area contributed by atoms with Crippen LogP contribution in [0.1, 0.15) is 66.2 Å². The predicted octanol–water partition coefficient (Wildman–Crippen LogP) is 18.7. The average Bonchev–Trinajstić information content (AvgIpc) is 1.61. The number of alkyl halides is 4. The molecule has 0 spiro atoms. The summed E-state index contributed by atoms with van der Waals surface area (Å²) >= 11 is 47.7. The minimum Gasteiger partial charge on any atom is -0.506 e. The first-order chi connectivity index (χ1) is 53.8. The highest BCUT2D eigenvalue weighted by Gasteiger charge is 2.50. The van der Waals surface area contributed by atoms with Crippen LogP contribution < -0.4 is 14.4 Å². The molecule has 41 heteroatoms. The van der Waals surface area contributed by atoms with Gasteiger partial charge in [0.25, 0.3) is 17.3 Å². The molecule has 0 saturated heterocycles. The van der Waals surface area contributed by atoms with Crippen molar-refractivity contribution >= 4 is 231 Å². The van der Waals surface area contributed by atoms with Crippen LogP contribution in [0.15, 0.2) is 172 Å². The Morgan fingerprint density at radius 3 is 1.25 bits per heavy atom. The molecule has 0 bridgehead atoms. The van der Waals surface area contributed by atoms with E-state index in [1.165, 1.54) is 89.1 Å². The van der Waals surface area contributed by atoms with Crippen LogP contribution in [-0.2, 0) is 52.9 Å². The summed E-state index contributed by atoms with van der Waals surface area (Å²) in [5.74, 6) is -6.96. The predicted molar refractivity (Wildman–Crippen MR) is 432 cm³/mol. The maximum absolute atomic E-state index is 12.8. The van der Waals surface area contributed by atoms with Gasteiger partial charge < -0.3 is 80.7 Å². The number of hydrogen-bond acceptors (Lipinski definition) is 26. The average molecular weight is 1980 g/mol. The normalized spacial score (nSPS) is 10.6. The molecule has 0 aliphatic heterocycles. The zero-order valence-corrected chi connectivity index (χ0v) is 71.1. The Kier molecular flexibility index (Phi) is 37.6. The van der Waals surface area contributed by atoms with Gasteiger partial charge in [-0.25, -0.2) is 28.8 Å². The highest BCUT2D eigenvalue weighted by Crippen LogP contribution is 2.44. The van der Waals surface area contributed by atoms with Crippen molar-refractivity contribution in [2.75, 3.05) is 60.7 Å². The second-order valence-corrected chi connectivity index (χ2v) is 28.7. The molecule has 11 rings (SSSR count). The van der Waals surface area contributed by atoms with Crippen molar-refractivity contribution in [3.63, 3.8) is 0 Å². The number of phenols is 1. The molecule has 0 amide bonds. The summed E-state index contributed by atoms with van der Waals surface area (Å²) < 4.78 is 120. The van der Waals surface area contributed by atoms with Gasteiger partial charge in [0.1, 0.15) is 39.1 Å². The van der Waals surface area contributed by atoms with Crippen molar-refractivity contribution < 1.29 is 136 Å². The van der Waals surface area contributed by atoms with Gasteiger partial charge in [-0.3, -0.25) is 4.79 Å². The molecule has 0 radical (unpaired) electrons. The molecule has 0 fully saturated rings. The second-order valence-electron chi connectivity index (χ2n) is 21.4. The van der Waals surface area contributed by atoms with Gasteiger partial charge in [-0.1, -0.05) is 128 Å². The third-order valence-electron chi connectivity index (χ3n) is 13.9. The topological polar surface area (TPSA) is 377 Å². The van der Waals surface area contributed by atoms with E-state index in [0.29, 0.717) is 89.5 Å². The molecule has 26 nitrogen and oxygen atoms in total. The van der Waals surface area contributed by atoms with Crippen LogP contribution in [0.5, 0.6) is 28.7 Å². The highest BCUT2D eigenvalue weighted by molar-refractivity contribution is 9.11. The number of aromatic hydroxyl groups is 3. The fourth-order valence-corrected chi connectivity index (χ4v) is 12.6. The summed E-state index contributed by atoms with van der Waals surface area (Å²) in [5.41, 5.74) is -2.30. The molecule has 0 unspecified atom stereocenters. The van der Waals surface area contributed by atoms with Crippen molar-refractivity contribution in [3.8, 4) is 51.0 Å². The number of hydrogen-bond donors (Lipinski definition) is 5. The number of furan rings is 3. The third-order valence-corrected chi connectivity index (χ3v) is 18.5. The molecule has 3 heterocycles. The number of fused-ring (bicyclic) bond motifs is 3. The Morgan fingerprint density at radius 2 is 0.825 bits per heavy atom. The number of para-hydroxylation sites is 5. The molecule has 0 aliphatic carbocycles. The van der Waals surface area contributed by atoms with Crippen LogP contribution in [0.3, 0.4) is 0 Å². The lowest BCUT2D eigenvalue weighted by molar-refractivity contribution is -0.145. The molecule has 114 heavy (non-hydrogen) atoms. The monoisotopic (exact) mass is 1980 g/mol. The van der Waals surface area contributed by atoms with Crippen molar-refractivity contribution in [1.82, 2.24) is 0 Å². The van der Waals surface area contributed by atoms with E-state index in [4.69, 9.17) is 102 Å². The standard InChI is InChI=1S/C17H9Cl2F3O6S.C16H10Cl2O4.C12H13BrO5.C10H7BrO4.C8H7BrO3.C6H5BCl2O2.C4H7BrO2/c1-26-16(23)15-14(28-29(24,25)17(20,21)22)12-4-2-3-11(13(12)27-15)8-5-9(18)7-10(19)6-8;1-21-16(20)15-13(19)12-4-2-3-11(14(12)22-15)8-5-9(17)7-10(18)6-8;1-3-17-10(14)7-18-11-8(12(15)16-2)5-4-6-9(11)13;1-14-10(13)9-7(12)5-3-2-4-6(11)8(5)15-9;1-12-8(11)5-3-2-4-6(9)7(5)10;8-5-1-4(7(10)11)2-6(9)3-5;1-2-7-4(6)3-5/h2-7H,1H3;2-7,19H,1H3;4-6H,3,7H2,1-2H3;2-4,12H,1H3;2-4,10H,1H3;1-3,10-11H;2-3H2,1H3. The van der Waals surface area contributed by atoms with E-state index in [9.17, 15) is 70.5 Å². The van der Waals surface area contributed by atoms with Crippen LogP contribution in [0.4, 0.5) is 13.2 Å². The number of carbonyl (C=O) groups is 7. The first-order valence-electron chi connectivity index (χ1n) is 31.4. The van der Waals surface area contributed by atoms with Gasteiger partial charge in [-0.05, 0) is 181 Å². The Bertz CT molecular complexity index is 5360. The lowest BCUT2D eigenvalue weighted by Crippen LogP contribution is -2.29. The number of methoxy groups -OCH3 is 5. The Balaban J connectivity index is 0.000000247. The molecule has 0 saturated carbocycles. The number of esters is 7. The summed E-state index contributed by atoms with van der Waals surface area (Å²) in [6, 6.07) is 38.1. The minimum atomic E-state index is -6.08. The van der Waals surface area contributed by atoms with Crippen molar-refractivity contribution in [3.05, 3.63) is 218 Å². The number of rotatable bonds is 16. The summed E-state index contributed by atoms with van der Waals surface area (Å²) in [5, 5.41) is 49.8. The Hall–Kier alpha value is -8.95. The van der Waals surface area contributed by atoms with Gasteiger partial charge in [-0.15, -0.1) is 0 Å². The summed E-state index contributed by atoms with van der Waals surface area (Å²) in [6.45, 7) is 3.96. The lowest BCUT2D eigenvalue weighted by atomic mass is 9.80. The van der Waals surface area contributed by atoms with Crippen LogP contribution in [-0.4, -0.2) is 149 Å². The summed E-state index contributed by atoms with van der Waals surface area (Å²) in [4.78, 5) is 78.7. The van der Waals surface area contributed by atoms with Gasteiger partial charge >= 0.3 is 64.5 Å². The molecule has 3 aromatic heterocycles. The SMILES string of the molecule is CCOC(=O)CBr.CCOC(=O)COc1c(Br)cccc1C(=O)OC.COC(=O)c1cccc(Br)c1O.COC(=O)c1oc2c(-c3cc(Cl)cc(Cl)c3)cccc2c1O.COC(=O)c1oc2c(-c3cc(Cl)cc(Cl)c3)cccc2c1OS(=O)(=O)C(F)(F)F.COC(=O)c1oc2c(Br)cccc2c1O.OB(O)c1cc(Cl)cc(Cl)c1. The number of phenolic OH excluding ortho intramolecular Hbond substituents is 1. The molecule has 8 aromatic carbocycles. The summed E-state index contributed by atoms with van der Waals surface area (Å²) in [6.07, 6.45) is 0. The van der Waals surface area contributed by atoms with E-state index in [1.54, 1.807) is 98.8 Å². The first kappa shape index (κ1) is 95.6. The zero-order chi connectivity index (χ0) is 85.2. The lowest BCUT2D eigenvalue weighted by Gasteiger charge is -2.11. The Labute approximate surface area is 709 Å². The molecule has 0 atom stereocenters. The van der Waals surface area contributed by atoms with E-state index in [0.717, 1.165) is 7.11 Å². The van der Waals surface area contributed by atoms with E-state index in [-0.39, 0.29) is 91.4 Å². The van der Waals surface area contributed by atoms with Crippen molar-refractivity contribution in [2.24, 2.45) is 0 Å². The number of carbonyl (C=O) groups excluding carboxylic acids is 7. The molecule has 606 valence electrons. The fourth-order valence-electron chi connectivity index (χ4n) is 9.05. The molecule has 11 aromatic rings. The molecule has 5 N–H and O–H groups in total. The smallest absolute Gasteiger partial charge is 0.506 e. The van der Waals surface area contributed by atoms with Crippen LogP contribution >= 0.6 is 133 Å². The third kappa shape index (κ3) is 26.3. The van der Waals surface area contributed by atoms with Crippen LogP contribution in [0.25, 0.3) is 55.2 Å². The van der Waals surface area contributed by atoms with Gasteiger partial charge in [0.15, 0.2) is 23.7 Å². The number of ether oxygens (including phenoxy) is 8. The van der Waals surface area contributed by atoms with Gasteiger partial charge in [0, 0.05) is 41.3 Å².